The maximum absolute atomic E-state index is 13.0. The number of hydrogen-bond acceptors (Lipinski definition) is 4. The van der Waals surface area contributed by atoms with Gasteiger partial charge in [0, 0.05) is 17.7 Å². The summed E-state index contributed by atoms with van der Waals surface area (Å²) in [5, 5.41) is 8.37. The Labute approximate surface area is 150 Å². The molecule has 0 spiro atoms. The number of nitrogens with one attached hydrogen (secondary N) is 1. The number of benzene rings is 2. The molecule has 0 aliphatic carbocycles. The summed E-state index contributed by atoms with van der Waals surface area (Å²) in [4.78, 5) is 37.2. The van der Waals surface area contributed by atoms with Crippen LogP contribution in [-0.2, 0) is 16.0 Å². The number of carbonyl (C=O) groups is 3. The second kappa shape index (κ2) is 6.22. The third kappa shape index (κ3) is 2.69. The van der Waals surface area contributed by atoms with Crippen molar-refractivity contribution in [2.24, 2.45) is 11.0 Å². The summed E-state index contributed by atoms with van der Waals surface area (Å²) in [6.45, 7) is 1.70. The third-order valence-corrected chi connectivity index (χ3v) is 4.68. The van der Waals surface area contributed by atoms with Crippen molar-refractivity contribution in [2.75, 3.05) is 10.3 Å². The highest BCUT2D eigenvalue weighted by atomic mass is 16.2. The van der Waals surface area contributed by atoms with Gasteiger partial charge in [0.2, 0.25) is 5.91 Å². The lowest BCUT2D eigenvalue weighted by molar-refractivity contribution is -0.119. The van der Waals surface area contributed by atoms with Crippen molar-refractivity contribution in [3.8, 4) is 0 Å². The number of Topliss-reactive ketones (excluding diaryl/α,β-unsaturated/α-hetero) is 1. The van der Waals surface area contributed by atoms with E-state index in [2.05, 4.69) is 10.4 Å². The average molecular weight is 347 g/mol. The molecule has 0 fully saturated rings. The van der Waals surface area contributed by atoms with Crippen molar-refractivity contribution >= 4 is 34.7 Å². The van der Waals surface area contributed by atoms with Crippen molar-refractivity contribution in [2.45, 2.75) is 19.8 Å². The molecule has 130 valence electrons. The zero-order valence-electron chi connectivity index (χ0n) is 14.2. The molecule has 2 aliphatic rings. The third-order valence-electron chi connectivity index (χ3n) is 4.68. The van der Waals surface area contributed by atoms with Crippen LogP contribution in [-0.4, -0.2) is 23.3 Å². The minimum absolute atomic E-state index is 0.0240. The molecular formula is C20H17N3O3. The SMILES string of the molecule is CC1=NN(c2ccccc2)C(=O)C1C(=O)c1ccc2c(c1)CCC(=O)N2. The Morgan fingerprint density at radius 3 is 2.65 bits per heavy atom. The highest BCUT2D eigenvalue weighted by molar-refractivity contribution is 6.30. The molecule has 2 aromatic carbocycles. The molecule has 1 unspecified atom stereocenters. The summed E-state index contributed by atoms with van der Waals surface area (Å²) in [5.41, 5.74) is 3.22. The lowest BCUT2D eigenvalue weighted by atomic mass is 9.91. The summed E-state index contributed by atoms with van der Waals surface area (Å²) in [6, 6.07) is 14.2. The first-order chi connectivity index (χ1) is 12.5. The number of nitrogens with zero attached hydrogens (tertiary/aromatic N) is 2. The van der Waals surface area contributed by atoms with Gasteiger partial charge in [-0.05, 0) is 49.2 Å². The van der Waals surface area contributed by atoms with E-state index in [1.54, 1.807) is 37.3 Å². The number of hydrogen-bond donors (Lipinski definition) is 1. The van der Waals surface area contributed by atoms with Crippen molar-refractivity contribution in [1.29, 1.82) is 0 Å². The van der Waals surface area contributed by atoms with Crippen LogP contribution in [0.2, 0.25) is 0 Å². The van der Waals surface area contributed by atoms with Gasteiger partial charge in [0.25, 0.3) is 5.91 Å². The molecule has 0 bridgehead atoms. The van der Waals surface area contributed by atoms with Crippen LogP contribution >= 0.6 is 0 Å². The van der Waals surface area contributed by atoms with E-state index in [-0.39, 0.29) is 17.6 Å². The summed E-state index contributed by atoms with van der Waals surface area (Å²) >= 11 is 0. The van der Waals surface area contributed by atoms with Gasteiger partial charge < -0.3 is 5.32 Å². The van der Waals surface area contributed by atoms with Gasteiger partial charge in [0.15, 0.2) is 5.78 Å². The Balaban J connectivity index is 1.62. The zero-order chi connectivity index (χ0) is 18.3. The Hall–Kier alpha value is -3.28. The van der Waals surface area contributed by atoms with Crippen LogP contribution in [0.25, 0.3) is 0 Å². The second-order valence-electron chi connectivity index (χ2n) is 6.44. The topological polar surface area (TPSA) is 78.8 Å². The van der Waals surface area contributed by atoms with Crippen molar-refractivity contribution < 1.29 is 14.4 Å². The smallest absolute Gasteiger partial charge is 0.264 e. The minimum atomic E-state index is -0.911. The van der Waals surface area contributed by atoms with Crippen LogP contribution in [0.3, 0.4) is 0 Å². The number of para-hydroxylation sites is 1. The first kappa shape index (κ1) is 16.2. The molecule has 4 rings (SSSR count). The molecule has 1 N–H and O–H groups in total. The second-order valence-corrected chi connectivity index (χ2v) is 6.44. The van der Waals surface area contributed by atoms with E-state index in [0.29, 0.717) is 29.8 Å². The molecule has 2 aliphatic heterocycles. The van der Waals surface area contributed by atoms with Crippen LogP contribution in [0, 0.1) is 5.92 Å². The minimum Gasteiger partial charge on any atom is -0.326 e. The highest BCUT2D eigenvalue weighted by Crippen LogP contribution is 2.28. The van der Waals surface area contributed by atoms with Gasteiger partial charge in [-0.25, -0.2) is 0 Å². The van der Waals surface area contributed by atoms with Crippen LogP contribution in [0.5, 0.6) is 0 Å². The number of hydrazone groups is 1. The number of ketones is 1. The Bertz CT molecular complexity index is 950. The molecule has 2 amide bonds. The molecule has 6 heteroatoms. The molecule has 1 atom stereocenters. The van der Waals surface area contributed by atoms with Crippen molar-refractivity contribution in [3.05, 3.63) is 59.7 Å². The van der Waals surface area contributed by atoms with E-state index in [0.717, 1.165) is 11.3 Å². The van der Waals surface area contributed by atoms with Gasteiger partial charge in [0.05, 0.1) is 11.4 Å². The van der Waals surface area contributed by atoms with E-state index >= 15 is 0 Å². The van der Waals surface area contributed by atoms with E-state index in [1.807, 2.05) is 18.2 Å². The van der Waals surface area contributed by atoms with Gasteiger partial charge in [-0.15, -0.1) is 0 Å². The maximum Gasteiger partial charge on any atom is 0.264 e. The number of carbonyl (C=O) groups excluding carboxylic acids is 3. The van der Waals surface area contributed by atoms with Crippen LogP contribution < -0.4 is 10.3 Å². The predicted octanol–water partition coefficient (Wildman–Crippen LogP) is 2.79. The number of anilines is 2. The van der Waals surface area contributed by atoms with Crippen molar-refractivity contribution in [3.63, 3.8) is 0 Å². The largest absolute Gasteiger partial charge is 0.326 e. The molecule has 0 aromatic heterocycles. The monoisotopic (exact) mass is 347 g/mol. The summed E-state index contributed by atoms with van der Waals surface area (Å²) in [7, 11) is 0. The van der Waals surface area contributed by atoms with E-state index in [4.69, 9.17) is 0 Å². The first-order valence-electron chi connectivity index (χ1n) is 8.46. The standard InChI is InChI=1S/C20H17N3O3/c1-12-18(20(26)23(22-12)15-5-3-2-4-6-15)19(25)14-7-9-16-13(11-14)8-10-17(24)21-16/h2-7,9,11,18H,8,10H2,1H3,(H,21,24). The first-order valence-corrected chi connectivity index (χ1v) is 8.46. The van der Waals surface area contributed by atoms with Gasteiger partial charge in [0.1, 0.15) is 5.92 Å². The Morgan fingerprint density at radius 1 is 1.12 bits per heavy atom. The van der Waals surface area contributed by atoms with E-state index < -0.39 is 5.92 Å². The zero-order valence-corrected chi connectivity index (χ0v) is 14.2. The van der Waals surface area contributed by atoms with Gasteiger partial charge in [-0.3, -0.25) is 14.4 Å². The van der Waals surface area contributed by atoms with Crippen LogP contribution in [0.4, 0.5) is 11.4 Å². The van der Waals surface area contributed by atoms with Gasteiger partial charge >= 0.3 is 0 Å². The normalized spacial score (nSPS) is 19.0. The predicted molar refractivity (Wildman–Crippen MR) is 98.3 cm³/mol. The van der Waals surface area contributed by atoms with Crippen molar-refractivity contribution in [1.82, 2.24) is 0 Å². The molecule has 0 saturated carbocycles. The fourth-order valence-electron chi connectivity index (χ4n) is 3.33. The Morgan fingerprint density at radius 2 is 1.88 bits per heavy atom. The van der Waals surface area contributed by atoms with Crippen LogP contribution in [0.15, 0.2) is 53.6 Å². The van der Waals surface area contributed by atoms with E-state index in [1.165, 1.54) is 5.01 Å². The van der Waals surface area contributed by atoms with Gasteiger partial charge in [-0.2, -0.15) is 10.1 Å². The fourth-order valence-corrected chi connectivity index (χ4v) is 3.33. The number of rotatable bonds is 3. The maximum atomic E-state index is 13.0. The highest BCUT2D eigenvalue weighted by Gasteiger charge is 2.40. The fraction of sp³-hybridized carbons (Fsp3) is 0.200. The quantitative estimate of drug-likeness (QED) is 0.685. The summed E-state index contributed by atoms with van der Waals surface area (Å²) < 4.78 is 0. The number of aryl methyl sites for hydroxylation is 1. The molecule has 2 aromatic rings. The molecule has 6 nitrogen and oxygen atoms in total. The average Bonchev–Trinajstić information content (AvgIpc) is 2.95. The number of fused-ring (bicyclic) bond motifs is 1. The van der Waals surface area contributed by atoms with Gasteiger partial charge in [-0.1, -0.05) is 18.2 Å². The number of amides is 2. The van der Waals surface area contributed by atoms with E-state index in [9.17, 15) is 14.4 Å². The summed E-state index contributed by atoms with van der Waals surface area (Å²) in [6.07, 6.45) is 0.986. The molecular weight excluding hydrogens is 330 g/mol. The summed E-state index contributed by atoms with van der Waals surface area (Å²) in [5.74, 6) is -1.55. The molecule has 0 saturated heterocycles. The molecule has 2 heterocycles. The van der Waals surface area contributed by atoms with Crippen LogP contribution in [0.1, 0.15) is 29.3 Å². The lowest BCUT2D eigenvalue weighted by Crippen LogP contribution is -2.33. The lowest BCUT2D eigenvalue weighted by Gasteiger charge is -2.18. The molecule has 0 radical (unpaired) electrons. The molecule has 26 heavy (non-hydrogen) atoms. The Kier molecular flexibility index (Phi) is 3.88.